The van der Waals surface area contributed by atoms with Crippen LogP contribution in [-0.4, -0.2) is 9.79 Å². The zero-order valence-electron chi connectivity index (χ0n) is 6.40. The Hall–Kier alpha value is -0.110. The molecule has 0 aliphatic carbocycles. The van der Waals surface area contributed by atoms with Crippen molar-refractivity contribution in [2.24, 2.45) is 5.92 Å². The Bertz CT molecular complexity index is 181. The summed E-state index contributed by atoms with van der Waals surface area (Å²) in [5.74, 6) is 0.546. The van der Waals surface area contributed by atoms with Crippen LogP contribution in [0.15, 0.2) is 11.9 Å². The fourth-order valence-corrected chi connectivity index (χ4v) is 0.739. The van der Waals surface area contributed by atoms with Crippen molar-refractivity contribution in [2.45, 2.75) is 13.8 Å². The second-order valence-electron chi connectivity index (χ2n) is 2.04. The molecule has 0 atom stereocenters. The van der Waals surface area contributed by atoms with Crippen LogP contribution in [0.3, 0.4) is 0 Å². The van der Waals surface area contributed by atoms with Crippen LogP contribution in [0.25, 0.3) is 0 Å². The second-order valence-corrected chi connectivity index (χ2v) is 3.48. The quantitative estimate of drug-likeness (QED) is 0.585. The van der Waals surface area contributed by atoms with E-state index in [0.29, 0.717) is 5.82 Å². The molecule has 54 valence electrons. The van der Waals surface area contributed by atoms with E-state index in [-0.39, 0.29) is 12.0 Å². The molecule has 0 aromatic heterocycles. The van der Waals surface area contributed by atoms with Gasteiger partial charge in [0, 0.05) is 5.82 Å². The second kappa shape index (κ2) is 3.16. The molecule has 0 bridgehead atoms. The molecule has 0 radical (unpaired) electrons. The number of allylic oxidation sites excluding steroid dienone is 1. The van der Waals surface area contributed by atoms with Crippen molar-refractivity contribution in [3.05, 3.63) is 11.9 Å². The van der Waals surface area contributed by atoms with Gasteiger partial charge in [-0.25, -0.2) is 0 Å². The topological polar surface area (TPSA) is 57.5 Å². The molecular formula is C5H11O3P. The maximum absolute atomic E-state index is 10.2. The first-order valence-corrected chi connectivity index (χ1v) is 4.25. The highest BCUT2D eigenvalue weighted by Gasteiger charge is 2.04. The van der Waals surface area contributed by atoms with Crippen molar-refractivity contribution in [1.29, 1.82) is 0 Å². The number of rotatable bonds is 2. The minimum absolute atomic E-state index is 0.0201. The zero-order chi connectivity index (χ0) is 8.36. The fourth-order valence-electron chi connectivity index (χ4n) is 0.246. The van der Waals surface area contributed by atoms with Crippen LogP contribution in [0.2, 0.25) is 0 Å². The molecule has 2 N–H and O–H groups in total. The lowest BCUT2D eigenvalue weighted by atomic mass is 10.2. The molecule has 3 nitrogen and oxygen atoms in total. The molecule has 0 aromatic carbocycles. The highest BCUT2D eigenvalue weighted by molar-refractivity contribution is 7.55. The summed E-state index contributed by atoms with van der Waals surface area (Å²) in [7, 11) is -4.13. The molecule has 0 fully saturated rings. The summed E-state index contributed by atoms with van der Waals surface area (Å²) >= 11 is 0. The molecule has 0 amide bonds. The highest BCUT2D eigenvalue weighted by atomic mass is 31.2. The lowest BCUT2D eigenvalue weighted by Gasteiger charge is -1.95. The van der Waals surface area contributed by atoms with E-state index >= 15 is 0 Å². The molecule has 0 spiro atoms. The van der Waals surface area contributed by atoms with Crippen molar-refractivity contribution in [3.8, 4) is 0 Å². The third kappa shape index (κ3) is 7.89. The fraction of sp³-hybridized carbons (Fsp3) is 0.600. The van der Waals surface area contributed by atoms with Crippen molar-refractivity contribution in [1.82, 2.24) is 0 Å². The van der Waals surface area contributed by atoms with Crippen LogP contribution < -0.4 is 0 Å². The monoisotopic (exact) mass is 151 g/mol. The van der Waals surface area contributed by atoms with Gasteiger partial charge in [-0.15, -0.1) is 0 Å². The van der Waals surface area contributed by atoms with Gasteiger partial charge in [-0.1, -0.05) is 19.9 Å². The highest BCUT2D eigenvalue weighted by Crippen LogP contribution is 2.36. The summed E-state index contributed by atoms with van der Waals surface area (Å²) in [5, 5.41) is 0. The van der Waals surface area contributed by atoms with Gasteiger partial charge in [0.05, 0.1) is 1.37 Å². The van der Waals surface area contributed by atoms with Gasteiger partial charge in [-0.2, -0.15) is 0 Å². The summed E-state index contributed by atoms with van der Waals surface area (Å²) < 4.78 is 17.3. The van der Waals surface area contributed by atoms with Crippen LogP contribution >= 0.6 is 7.60 Å². The van der Waals surface area contributed by atoms with Gasteiger partial charge in [0.25, 0.3) is 0 Å². The largest absolute Gasteiger partial charge is 0.348 e. The third-order valence-electron chi connectivity index (χ3n) is 0.576. The Labute approximate surface area is 56.0 Å². The van der Waals surface area contributed by atoms with E-state index in [1.807, 2.05) is 0 Å². The Balaban J connectivity index is 4.33. The first-order chi connectivity index (χ1) is 4.33. The number of hydrogen-bond donors (Lipinski definition) is 2. The van der Waals surface area contributed by atoms with E-state index in [1.54, 1.807) is 13.8 Å². The van der Waals surface area contributed by atoms with E-state index in [0.717, 1.165) is 0 Å². The van der Waals surface area contributed by atoms with E-state index in [4.69, 9.17) is 11.2 Å². The molecule has 0 saturated carbocycles. The van der Waals surface area contributed by atoms with Gasteiger partial charge in [0.15, 0.2) is 0 Å². The van der Waals surface area contributed by atoms with Crippen LogP contribution in [0.5, 0.6) is 0 Å². The van der Waals surface area contributed by atoms with Gasteiger partial charge in [-0.05, 0) is 5.92 Å². The normalized spacial score (nSPS) is 16.1. The predicted molar refractivity (Wildman–Crippen MR) is 36.0 cm³/mol. The molecular weight excluding hydrogens is 139 g/mol. The average Bonchev–Trinajstić information content (AvgIpc) is 1.60. The van der Waals surface area contributed by atoms with Crippen LogP contribution in [0.1, 0.15) is 15.2 Å². The summed E-state index contributed by atoms with van der Waals surface area (Å²) in [4.78, 5) is 16.7. The summed E-state index contributed by atoms with van der Waals surface area (Å²) in [6.45, 7) is 3.41. The molecule has 0 rings (SSSR count). The Morgan fingerprint density at radius 1 is 1.67 bits per heavy atom. The lowest BCUT2D eigenvalue weighted by molar-refractivity contribution is 0.386. The van der Waals surface area contributed by atoms with Gasteiger partial charge >= 0.3 is 7.60 Å². The van der Waals surface area contributed by atoms with Crippen molar-refractivity contribution in [2.75, 3.05) is 0 Å². The Morgan fingerprint density at radius 3 is 2.22 bits per heavy atom. The maximum atomic E-state index is 10.2. The lowest BCUT2D eigenvalue weighted by Crippen LogP contribution is -1.77. The van der Waals surface area contributed by atoms with E-state index in [9.17, 15) is 4.57 Å². The first kappa shape index (κ1) is 7.00. The minimum Gasteiger partial charge on any atom is -0.321 e. The maximum Gasteiger partial charge on any atom is 0.348 e. The standard InChI is InChI=1S/C5H11O3P/c1-5(2)3-4-9(6,7)8/h3-5H,1-2H3,(H2,6,7,8)/b4-3+/i3D. The van der Waals surface area contributed by atoms with Gasteiger partial charge in [0.2, 0.25) is 0 Å². The molecule has 9 heavy (non-hydrogen) atoms. The van der Waals surface area contributed by atoms with E-state index < -0.39 is 7.60 Å². The smallest absolute Gasteiger partial charge is 0.321 e. The Kier molecular flexibility index (Phi) is 2.46. The van der Waals surface area contributed by atoms with Crippen LogP contribution in [0, 0.1) is 5.92 Å². The average molecular weight is 151 g/mol. The zero-order valence-corrected chi connectivity index (χ0v) is 6.30. The SMILES string of the molecule is [2H]/C(=C\P(=O)(O)O)C(C)C. The summed E-state index contributed by atoms with van der Waals surface area (Å²) in [6.07, 6.45) is 0. The molecule has 0 aliphatic rings. The van der Waals surface area contributed by atoms with E-state index in [2.05, 4.69) is 0 Å². The molecule has 4 heteroatoms. The first-order valence-electron chi connectivity index (χ1n) is 3.07. The summed E-state index contributed by atoms with van der Waals surface area (Å²) in [6, 6.07) is -0.0201. The molecule has 0 heterocycles. The van der Waals surface area contributed by atoms with Crippen LogP contribution in [0.4, 0.5) is 0 Å². The van der Waals surface area contributed by atoms with Crippen molar-refractivity contribution >= 4 is 7.60 Å². The third-order valence-corrected chi connectivity index (χ3v) is 1.06. The van der Waals surface area contributed by atoms with Crippen LogP contribution in [-0.2, 0) is 4.57 Å². The van der Waals surface area contributed by atoms with Crippen molar-refractivity contribution in [3.63, 3.8) is 0 Å². The van der Waals surface area contributed by atoms with Crippen molar-refractivity contribution < 1.29 is 15.7 Å². The molecule has 0 saturated heterocycles. The molecule has 0 aromatic rings. The van der Waals surface area contributed by atoms with Gasteiger partial charge in [0.1, 0.15) is 0 Å². The van der Waals surface area contributed by atoms with Gasteiger partial charge in [-0.3, -0.25) is 4.57 Å². The Morgan fingerprint density at radius 2 is 2.11 bits per heavy atom. The van der Waals surface area contributed by atoms with E-state index in [1.165, 1.54) is 0 Å². The molecule has 0 aliphatic heterocycles. The van der Waals surface area contributed by atoms with Gasteiger partial charge < -0.3 is 9.79 Å². The molecule has 0 unspecified atom stereocenters. The number of hydrogen-bond acceptors (Lipinski definition) is 1. The minimum atomic E-state index is -4.13. The predicted octanol–water partition coefficient (Wildman–Crippen LogP) is 1.33. The summed E-state index contributed by atoms with van der Waals surface area (Å²) in [5.41, 5.74) is 0.